The number of ether oxygens (including phenoxy) is 1. The summed E-state index contributed by atoms with van der Waals surface area (Å²) >= 11 is 0. The topological polar surface area (TPSA) is 42.3 Å². The first-order valence-electron chi connectivity index (χ1n) is 5.03. The minimum atomic E-state index is 0.616. The minimum Gasteiger partial charge on any atom is -0.381 e. The van der Waals surface area contributed by atoms with Gasteiger partial charge in [0.1, 0.15) is 0 Å². The van der Waals surface area contributed by atoms with E-state index in [0.29, 0.717) is 5.92 Å². The van der Waals surface area contributed by atoms with Gasteiger partial charge in [0.15, 0.2) is 5.65 Å². The third-order valence-electron chi connectivity index (χ3n) is 2.86. The molecule has 0 amide bonds. The molecule has 1 N–H and O–H groups in total. The highest BCUT2D eigenvalue weighted by Gasteiger charge is 2.17. The lowest BCUT2D eigenvalue weighted by atomic mass is 9.97. The molecule has 2 aromatic rings. The summed E-state index contributed by atoms with van der Waals surface area (Å²) in [5, 5.41) is 3.34. The van der Waals surface area contributed by atoms with Crippen molar-refractivity contribution < 1.29 is 4.74 Å². The van der Waals surface area contributed by atoms with Crippen LogP contribution in [0.1, 0.15) is 24.5 Å². The van der Waals surface area contributed by atoms with E-state index in [2.05, 4.69) is 16.1 Å². The normalized spacial score (nSPS) is 19.1. The number of rotatable bonds is 1. The monoisotopic (exact) mass is 191 g/mol. The van der Waals surface area contributed by atoms with Crippen molar-refractivity contribution in [3.63, 3.8) is 0 Å². The minimum absolute atomic E-state index is 0.616. The second-order valence-corrected chi connectivity index (χ2v) is 3.75. The molecule has 3 heterocycles. The van der Waals surface area contributed by atoms with Crippen molar-refractivity contribution in [2.75, 3.05) is 13.2 Å². The lowest BCUT2D eigenvalue weighted by Crippen LogP contribution is -2.14. The first-order valence-corrected chi connectivity index (χ1v) is 5.03. The zero-order valence-electron chi connectivity index (χ0n) is 7.94. The van der Waals surface area contributed by atoms with Gasteiger partial charge in [0.25, 0.3) is 0 Å². The Balaban J connectivity index is 1.92. The molecule has 0 bridgehead atoms. The van der Waals surface area contributed by atoms with E-state index in [1.807, 2.05) is 10.7 Å². The van der Waals surface area contributed by atoms with E-state index in [1.165, 1.54) is 5.69 Å². The Kier molecular flexibility index (Phi) is 1.80. The molecule has 3 rings (SSSR count). The molecular weight excluding hydrogens is 178 g/mol. The van der Waals surface area contributed by atoms with Crippen LogP contribution in [0.3, 0.4) is 0 Å². The molecule has 0 aromatic carbocycles. The predicted molar refractivity (Wildman–Crippen MR) is 52.3 cm³/mol. The van der Waals surface area contributed by atoms with Crippen molar-refractivity contribution >= 4 is 5.65 Å². The van der Waals surface area contributed by atoms with E-state index < -0.39 is 0 Å². The van der Waals surface area contributed by atoms with Gasteiger partial charge in [-0.05, 0) is 12.8 Å². The number of nitrogens with zero attached hydrogens (tertiary/aromatic N) is 2. The number of imidazole rings is 1. The third kappa shape index (κ3) is 1.23. The average Bonchev–Trinajstić information content (AvgIpc) is 2.78. The smallest absolute Gasteiger partial charge is 0.153 e. The summed E-state index contributed by atoms with van der Waals surface area (Å²) in [4.78, 5) is 4.23. The molecule has 0 radical (unpaired) electrons. The van der Waals surface area contributed by atoms with E-state index >= 15 is 0 Å². The number of fused-ring (bicyclic) bond motifs is 1. The van der Waals surface area contributed by atoms with Crippen LogP contribution in [-0.2, 0) is 4.74 Å². The molecule has 0 saturated carbocycles. The fraction of sp³-hybridized carbons (Fsp3) is 0.500. The molecule has 1 saturated heterocycles. The van der Waals surface area contributed by atoms with E-state index in [9.17, 15) is 0 Å². The lowest BCUT2D eigenvalue weighted by molar-refractivity contribution is 0.0844. The Labute approximate surface area is 81.9 Å². The van der Waals surface area contributed by atoms with Gasteiger partial charge in [0.2, 0.25) is 0 Å². The van der Waals surface area contributed by atoms with Crippen LogP contribution in [0, 0.1) is 0 Å². The SMILES string of the molecule is c1cn2[nH]c(C3CCOCC3)cc2n1. The fourth-order valence-corrected chi connectivity index (χ4v) is 2.04. The van der Waals surface area contributed by atoms with Crippen LogP contribution in [0.4, 0.5) is 0 Å². The molecule has 1 aliphatic heterocycles. The zero-order chi connectivity index (χ0) is 9.38. The second kappa shape index (κ2) is 3.13. The Morgan fingerprint density at radius 1 is 1.43 bits per heavy atom. The van der Waals surface area contributed by atoms with Crippen LogP contribution >= 0.6 is 0 Å². The molecule has 74 valence electrons. The van der Waals surface area contributed by atoms with E-state index in [4.69, 9.17) is 4.74 Å². The van der Waals surface area contributed by atoms with Crippen molar-refractivity contribution in [3.8, 4) is 0 Å². The lowest BCUT2D eigenvalue weighted by Gasteiger charge is -2.20. The molecule has 1 fully saturated rings. The summed E-state index contributed by atoms with van der Waals surface area (Å²) in [6.07, 6.45) is 5.98. The van der Waals surface area contributed by atoms with Gasteiger partial charge < -0.3 is 4.74 Å². The van der Waals surface area contributed by atoms with Crippen LogP contribution in [-0.4, -0.2) is 27.8 Å². The molecule has 0 atom stereocenters. The first-order chi connectivity index (χ1) is 6.93. The number of aromatic nitrogens is 3. The summed E-state index contributed by atoms with van der Waals surface area (Å²) in [6, 6.07) is 2.13. The summed E-state index contributed by atoms with van der Waals surface area (Å²) < 4.78 is 7.30. The average molecular weight is 191 g/mol. The number of hydrogen-bond acceptors (Lipinski definition) is 2. The maximum absolute atomic E-state index is 5.34. The quantitative estimate of drug-likeness (QED) is 0.743. The Bertz CT molecular complexity index is 397. The third-order valence-corrected chi connectivity index (χ3v) is 2.86. The number of H-pyrrole nitrogens is 1. The van der Waals surface area contributed by atoms with Gasteiger partial charge in [0, 0.05) is 43.3 Å². The molecular formula is C10H13N3O. The van der Waals surface area contributed by atoms with Gasteiger partial charge in [-0.25, -0.2) is 9.50 Å². The van der Waals surface area contributed by atoms with E-state index in [1.54, 1.807) is 6.20 Å². The molecule has 0 unspecified atom stereocenters. The highest BCUT2D eigenvalue weighted by Crippen LogP contribution is 2.26. The molecule has 4 heteroatoms. The van der Waals surface area contributed by atoms with Crippen LogP contribution in [0.2, 0.25) is 0 Å². The van der Waals surface area contributed by atoms with Crippen LogP contribution in [0.15, 0.2) is 18.5 Å². The standard InChI is InChI=1S/C10H13N3O/c1-5-14-6-2-8(1)9-7-10-11-3-4-13(10)12-9/h3-4,7-8,12H,1-2,5-6H2. The fourth-order valence-electron chi connectivity index (χ4n) is 2.04. The van der Waals surface area contributed by atoms with Crippen LogP contribution in [0.25, 0.3) is 5.65 Å². The first kappa shape index (κ1) is 8.05. The van der Waals surface area contributed by atoms with Crippen molar-refractivity contribution in [2.45, 2.75) is 18.8 Å². The molecule has 0 aliphatic carbocycles. The molecule has 0 spiro atoms. The predicted octanol–water partition coefficient (Wildman–Crippen LogP) is 1.56. The van der Waals surface area contributed by atoms with Crippen LogP contribution < -0.4 is 0 Å². The maximum Gasteiger partial charge on any atom is 0.153 e. The largest absolute Gasteiger partial charge is 0.381 e. The molecule has 4 nitrogen and oxygen atoms in total. The number of nitrogens with one attached hydrogen (secondary N) is 1. The van der Waals surface area contributed by atoms with Gasteiger partial charge in [-0.1, -0.05) is 0 Å². The highest BCUT2D eigenvalue weighted by molar-refractivity contribution is 5.39. The highest BCUT2D eigenvalue weighted by atomic mass is 16.5. The molecule has 14 heavy (non-hydrogen) atoms. The summed E-state index contributed by atoms with van der Waals surface area (Å²) in [7, 11) is 0. The van der Waals surface area contributed by atoms with Gasteiger partial charge in [0.05, 0.1) is 0 Å². The Morgan fingerprint density at radius 2 is 2.29 bits per heavy atom. The second-order valence-electron chi connectivity index (χ2n) is 3.75. The Morgan fingerprint density at radius 3 is 3.07 bits per heavy atom. The van der Waals surface area contributed by atoms with E-state index in [0.717, 1.165) is 31.7 Å². The summed E-state index contributed by atoms with van der Waals surface area (Å²) in [5.41, 5.74) is 2.29. The van der Waals surface area contributed by atoms with Gasteiger partial charge in [-0.15, -0.1) is 0 Å². The van der Waals surface area contributed by atoms with Gasteiger partial charge >= 0.3 is 0 Å². The number of hydrogen-bond donors (Lipinski definition) is 1. The maximum atomic E-state index is 5.34. The van der Waals surface area contributed by atoms with Crippen molar-refractivity contribution in [3.05, 3.63) is 24.2 Å². The van der Waals surface area contributed by atoms with Crippen molar-refractivity contribution in [2.24, 2.45) is 0 Å². The van der Waals surface area contributed by atoms with Crippen molar-refractivity contribution in [1.29, 1.82) is 0 Å². The molecule has 2 aromatic heterocycles. The number of aromatic amines is 1. The summed E-state index contributed by atoms with van der Waals surface area (Å²) in [5.74, 6) is 0.616. The summed E-state index contributed by atoms with van der Waals surface area (Å²) in [6.45, 7) is 1.76. The van der Waals surface area contributed by atoms with E-state index in [-0.39, 0.29) is 0 Å². The van der Waals surface area contributed by atoms with Crippen LogP contribution in [0.5, 0.6) is 0 Å². The zero-order valence-corrected chi connectivity index (χ0v) is 7.94. The van der Waals surface area contributed by atoms with Gasteiger partial charge in [-0.3, -0.25) is 5.10 Å². The van der Waals surface area contributed by atoms with Crippen molar-refractivity contribution in [1.82, 2.24) is 14.6 Å². The Hall–Kier alpha value is -1.29. The van der Waals surface area contributed by atoms with Gasteiger partial charge in [-0.2, -0.15) is 0 Å². The molecule has 1 aliphatic rings.